The quantitative estimate of drug-likeness (QED) is 0.352. The molecule has 41 heavy (non-hydrogen) atoms. The van der Waals surface area contributed by atoms with Crippen LogP contribution in [0.25, 0.3) is 17.0 Å². The van der Waals surface area contributed by atoms with Gasteiger partial charge in [-0.25, -0.2) is 5.43 Å². The van der Waals surface area contributed by atoms with Gasteiger partial charge in [0.15, 0.2) is 6.10 Å². The smallest absolute Gasteiger partial charge is 0.303 e. The molecule has 3 amide bonds. The second kappa shape index (κ2) is 14.7. The summed E-state index contributed by atoms with van der Waals surface area (Å²) in [6, 6.07) is 7.87. The Bertz CT molecular complexity index is 1280. The van der Waals surface area contributed by atoms with Crippen LogP contribution in [0.5, 0.6) is 0 Å². The van der Waals surface area contributed by atoms with E-state index in [4.69, 9.17) is 14.5 Å². The predicted molar refractivity (Wildman–Crippen MR) is 155 cm³/mol. The minimum absolute atomic E-state index is 0.0923. The average molecular weight is 568 g/mol. The second-order valence-corrected chi connectivity index (χ2v) is 10.5. The number of esters is 1. The molecule has 3 rings (SSSR count). The number of methoxy groups -OCH3 is 1. The Labute approximate surface area is 241 Å². The van der Waals surface area contributed by atoms with Crippen LogP contribution >= 0.6 is 0 Å². The third-order valence-corrected chi connectivity index (χ3v) is 6.77. The van der Waals surface area contributed by atoms with Crippen molar-refractivity contribution >= 4 is 40.7 Å². The largest absolute Gasteiger partial charge is 0.452 e. The lowest BCUT2D eigenvalue weighted by atomic mass is 10.1. The fourth-order valence-corrected chi connectivity index (χ4v) is 4.66. The summed E-state index contributed by atoms with van der Waals surface area (Å²) in [6.45, 7) is 8.79. The molecule has 4 atom stereocenters. The lowest BCUT2D eigenvalue weighted by Gasteiger charge is -2.36. The first-order chi connectivity index (χ1) is 19.5. The lowest BCUT2D eigenvalue weighted by Crippen LogP contribution is -2.62. The number of benzene rings is 1. The lowest BCUT2D eigenvalue weighted by molar-refractivity contribution is -0.158. The molecule has 1 fully saturated rings. The molecular formula is C30H41N5O6. The SMILES string of the molecule is C/C=C/c1ccc2ccc([C@@H](C)NC(=O)[C@@H]3CCCN(C(=O)C(COC)NC(=O)[C@@H](OC(C)=O)C(C)C)N3)nc2c1. The summed E-state index contributed by atoms with van der Waals surface area (Å²) in [5.74, 6) is -2.20. The van der Waals surface area contributed by atoms with E-state index in [1.54, 1.807) is 13.8 Å². The maximum Gasteiger partial charge on any atom is 0.303 e. The summed E-state index contributed by atoms with van der Waals surface area (Å²) in [7, 11) is 1.42. The zero-order valence-corrected chi connectivity index (χ0v) is 24.6. The number of hydrogen-bond donors (Lipinski definition) is 3. The Balaban J connectivity index is 1.66. The monoisotopic (exact) mass is 567 g/mol. The van der Waals surface area contributed by atoms with Crippen molar-refractivity contribution in [3.05, 3.63) is 47.7 Å². The molecule has 0 radical (unpaired) electrons. The highest BCUT2D eigenvalue weighted by atomic mass is 16.5. The van der Waals surface area contributed by atoms with Crippen LogP contribution in [0.4, 0.5) is 0 Å². The van der Waals surface area contributed by atoms with Gasteiger partial charge < -0.3 is 20.1 Å². The van der Waals surface area contributed by atoms with Gasteiger partial charge in [0.1, 0.15) is 12.1 Å². The van der Waals surface area contributed by atoms with Crippen molar-refractivity contribution in [3.8, 4) is 0 Å². The van der Waals surface area contributed by atoms with Crippen molar-refractivity contribution in [1.29, 1.82) is 0 Å². The van der Waals surface area contributed by atoms with E-state index in [1.165, 1.54) is 19.0 Å². The normalized spacial score (nSPS) is 17.7. The van der Waals surface area contributed by atoms with E-state index in [0.717, 1.165) is 22.2 Å². The van der Waals surface area contributed by atoms with Gasteiger partial charge in [0.25, 0.3) is 11.8 Å². The van der Waals surface area contributed by atoms with Gasteiger partial charge in [-0.15, -0.1) is 0 Å². The number of allylic oxidation sites excluding steroid dienone is 1. The van der Waals surface area contributed by atoms with Gasteiger partial charge in [-0.1, -0.05) is 44.2 Å². The van der Waals surface area contributed by atoms with Crippen molar-refractivity contribution in [2.75, 3.05) is 20.3 Å². The Morgan fingerprint density at radius 1 is 1.15 bits per heavy atom. The van der Waals surface area contributed by atoms with Crippen LogP contribution in [0.3, 0.4) is 0 Å². The molecule has 1 saturated heterocycles. The summed E-state index contributed by atoms with van der Waals surface area (Å²) in [4.78, 5) is 55.6. The molecule has 1 unspecified atom stereocenters. The summed E-state index contributed by atoms with van der Waals surface area (Å²) in [5, 5.41) is 7.99. The highest BCUT2D eigenvalue weighted by Crippen LogP contribution is 2.20. The minimum atomic E-state index is -1.05. The molecule has 0 aliphatic carbocycles. The highest BCUT2D eigenvalue weighted by Gasteiger charge is 2.35. The van der Waals surface area contributed by atoms with Crippen molar-refractivity contribution in [1.82, 2.24) is 26.1 Å². The standard InChI is InChI=1S/C30H41N5O6/c1-7-9-21-11-12-22-13-14-23(32-25(22)16-21)19(4)31-28(37)24-10-8-15-35(34-24)30(39)26(17-40-6)33-29(38)27(18(2)3)41-20(5)36/h7,9,11-14,16,18-19,24,26-27,34H,8,10,15,17H2,1-6H3,(H,31,37)(H,33,38)/b9-7+/t19-,24+,26?,27+/m1/s1. The number of nitrogens with one attached hydrogen (secondary N) is 3. The third-order valence-electron chi connectivity index (χ3n) is 6.77. The zero-order chi connectivity index (χ0) is 30.1. The molecule has 0 spiro atoms. The van der Waals surface area contributed by atoms with Gasteiger partial charge in [-0.05, 0) is 50.3 Å². The number of aromatic nitrogens is 1. The zero-order valence-electron chi connectivity index (χ0n) is 24.6. The van der Waals surface area contributed by atoms with Gasteiger partial charge >= 0.3 is 5.97 Å². The van der Waals surface area contributed by atoms with Crippen molar-refractivity contribution < 1.29 is 28.7 Å². The van der Waals surface area contributed by atoms with E-state index in [2.05, 4.69) is 16.1 Å². The number of fused-ring (bicyclic) bond motifs is 1. The van der Waals surface area contributed by atoms with Crippen molar-refractivity contribution in [3.63, 3.8) is 0 Å². The molecule has 2 heterocycles. The second-order valence-electron chi connectivity index (χ2n) is 10.5. The van der Waals surface area contributed by atoms with Gasteiger partial charge in [0, 0.05) is 26.0 Å². The van der Waals surface area contributed by atoms with Gasteiger partial charge in [-0.2, -0.15) is 0 Å². The molecule has 1 aliphatic rings. The van der Waals surface area contributed by atoms with Crippen LogP contribution in [0.1, 0.15) is 64.8 Å². The summed E-state index contributed by atoms with van der Waals surface area (Å²) >= 11 is 0. The number of pyridine rings is 1. The number of carbonyl (C=O) groups is 4. The summed E-state index contributed by atoms with van der Waals surface area (Å²) < 4.78 is 10.3. The number of hydrogen-bond acceptors (Lipinski definition) is 8. The van der Waals surface area contributed by atoms with E-state index in [-0.39, 0.29) is 24.5 Å². The molecule has 3 N–H and O–H groups in total. The first kappa shape index (κ1) is 31.7. The number of rotatable bonds is 11. The van der Waals surface area contributed by atoms with E-state index in [9.17, 15) is 19.2 Å². The minimum Gasteiger partial charge on any atom is -0.452 e. The van der Waals surface area contributed by atoms with E-state index in [1.807, 2.05) is 56.3 Å². The topological polar surface area (TPSA) is 139 Å². The Morgan fingerprint density at radius 2 is 1.88 bits per heavy atom. The molecule has 0 bridgehead atoms. The maximum atomic E-state index is 13.4. The van der Waals surface area contributed by atoms with Crippen LogP contribution in [0.2, 0.25) is 0 Å². The number of hydrazine groups is 1. The summed E-state index contributed by atoms with van der Waals surface area (Å²) in [6.07, 6.45) is 4.04. The van der Waals surface area contributed by atoms with E-state index in [0.29, 0.717) is 19.4 Å². The van der Waals surface area contributed by atoms with Crippen LogP contribution in [0.15, 0.2) is 36.4 Å². The van der Waals surface area contributed by atoms with E-state index < -0.39 is 36.0 Å². The van der Waals surface area contributed by atoms with E-state index >= 15 is 0 Å². The molecule has 0 saturated carbocycles. The van der Waals surface area contributed by atoms with Crippen molar-refractivity contribution in [2.24, 2.45) is 5.92 Å². The molecular weight excluding hydrogens is 526 g/mol. The Morgan fingerprint density at radius 3 is 2.54 bits per heavy atom. The number of ether oxygens (including phenoxy) is 2. The van der Waals surface area contributed by atoms with Crippen LogP contribution in [-0.2, 0) is 28.7 Å². The summed E-state index contributed by atoms with van der Waals surface area (Å²) in [5.41, 5.74) is 5.62. The maximum absolute atomic E-state index is 13.4. The molecule has 1 aromatic carbocycles. The van der Waals surface area contributed by atoms with Crippen LogP contribution in [-0.4, -0.2) is 72.1 Å². The van der Waals surface area contributed by atoms with Gasteiger partial charge in [-0.3, -0.25) is 29.2 Å². The first-order valence-corrected chi connectivity index (χ1v) is 13.9. The van der Waals surface area contributed by atoms with Gasteiger partial charge in [0.05, 0.1) is 23.9 Å². The first-order valence-electron chi connectivity index (χ1n) is 13.9. The third kappa shape index (κ3) is 8.58. The molecule has 2 aromatic rings. The fraction of sp³-hybridized carbons (Fsp3) is 0.500. The molecule has 11 nitrogen and oxygen atoms in total. The average Bonchev–Trinajstić information content (AvgIpc) is 2.94. The van der Waals surface area contributed by atoms with Crippen molar-refractivity contribution in [2.45, 2.75) is 71.7 Å². The predicted octanol–water partition coefficient (Wildman–Crippen LogP) is 2.66. The van der Waals surface area contributed by atoms with Crippen LogP contribution < -0.4 is 16.1 Å². The number of amides is 3. The van der Waals surface area contributed by atoms with Gasteiger partial charge in [0.2, 0.25) is 5.91 Å². The fourth-order valence-electron chi connectivity index (χ4n) is 4.66. The number of carbonyl (C=O) groups excluding carboxylic acids is 4. The molecule has 1 aromatic heterocycles. The molecule has 222 valence electrons. The Kier molecular flexibility index (Phi) is 11.4. The molecule has 11 heteroatoms. The number of nitrogens with zero attached hydrogens (tertiary/aromatic N) is 2. The molecule has 1 aliphatic heterocycles. The Hall–Kier alpha value is -3.83. The highest BCUT2D eigenvalue weighted by molar-refractivity contribution is 5.91. The van der Waals surface area contributed by atoms with Crippen LogP contribution in [0, 0.1) is 5.92 Å².